The van der Waals surface area contributed by atoms with Crippen molar-refractivity contribution in [3.05, 3.63) is 28.8 Å². The standard InChI is InChI=1S/C15H21ClN2O3/c1-10(2)17-15(20)14-9-21-7-6-18(14)13-5-3-4-12(16)11(13)8-19/h3-5,10,14,19H,6-9H2,1-2H3,(H,17,20). The van der Waals surface area contributed by atoms with Gasteiger partial charge >= 0.3 is 0 Å². The van der Waals surface area contributed by atoms with Crippen LogP contribution in [0.3, 0.4) is 0 Å². The number of rotatable bonds is 4. The first-order valence-electron chi connectivity index (χ1n) is 7.07. The van der Waals surface area contributed by atoms with Gasteiger partial charge < -0.3 is 20.1 Å². The first kappa shape index (κ1) is 16.1. The van der Waals surface area contributed by atoms with Gasteiger partial charge in [-0.25, -0.2) is 0 Å². The van der Waals surface area contributed by atoms with E-state index in [0.29, 0.717) is 30.3 Å². The predicted octanol–water partition coefficient (Wildman–Crippen LogP) is 1.56. The van der Waals surface area contributed by atoms with Gasteiger partial charge in [0.1, 0.15) is 6.04 Å². The molecule has 116 valence electrons. The van der Waals surface area contributed by atoms with Gasteiger partial charge in [-0.05, 0) is 26.0 Å². The molecule has 1 aliphatic rings. The second-order valence-corrected chi connectivity index (χ2v) is 5.75. The summed E-state index contributed by atoms with van der Waals surface area (Å²) in [6.07, 6.45) is 0. The molecule has 0 bridgehead atoms. The summed E-state index contributed by atoms with van der Waals surface area (Å²) in [5.41, 5.74) is 1.43. The average molecular weight is 313 g/mol. The Morgan fingerprint density at radius 1 is 1.57 bits per heavy atom. The number of hydrogen-bond acceptors (Lipinski definition) is 4. The van der Waals surface area contributed by atoms with E-state index in [1.54, 1.807) is 6.07 Å². The van der Waals surface area contributed by atoms with Crippen LogP contribution in [0.25, 0.3) is 0 Å². The highest BCUT2D eigenvalue weighted by molar-refractivity contribution is 6.31. The summed E-state index contributed by atoms with van der Waals surface area (Å²) in [4.78, 5) is 14.3. The van der Waals surface area contributed by atoms with Gasteiger partial charge in [-0.1, -0.05) is 17.7 Å². The molecule has 1 heterocycles. The van der Waals surface area contributed by atoms with Crippen LogP contribution in [0.5, 0.6) is 0 Å². The zero-order chi connectivity index (χ0) is 15.4. The molecule has 1 aliphatic heterocycles. The fourth-order valence-electron chi connectivity index (χ4n) is 2.46. The van der Waals surface area contributed by atoms with Gasteiger partial charge in [0, 0.05) is 28.9 Å². The zero-order valence-corrected chi connectivity index (χ0v) is 13.1. The van der Waals surface area contributed by atoms with E-state index in [2.05, 4.69) is 5.32 Å². The number of amides is 1. The van der Waals surface area contributed by atoms with Crippen molar-refractivity contribution in [3.63, 3.8) is 0 Å². The first-order valence-corrected chi connectivity index (χ1v) is 7.45. The molecule has 0 aliphatic carbocycles. The van der Waals surface area contributed by atoms with Gasteiger partial charge in [0.05, 0.1) is 19.8 Å². The van der Waals surface area contributed by atoms with E-state index < -0.39 is 6.04 Å². The molecule has 1 atom stereocenters. The summed E-state index contributed by atoms with van der Waals surface area (Å²) in [6, 6.07) is 5.09. The third-order valence-electron chi connectivity index (χ3n) is 3.42. The lowest BCUT2D eigenvalue weighted by Gasteiger charge is -2.37. The van der Waals surface area contributed by atoms with Crippen molar-refractivity contribution in [2.24, 2.45) is 0 Å². The Hall–Kier alpha value is -1.30. The molecule has 1 aromatic carbocycles. The SMILES string of the molecule is CC(C)NC(=O)C1COCCN1c1cccc(Cl)c1CO. The van der Waals surface area contributed by atoms with Crippen LogP contribution in [-0.2, 0) is 16.1 Å². The Bertz CT molecular complexity index is 508. The van der Waals surface area contributed by atoms with Crippen LogP contribution >= 0.6 is 11.6 Å². The summed E-state index contributed by atoms with van der Waals surface area (Å²) in [6.45, 7) is 5.14. The van der Waals surface area contributed by atoms with E-state index in [-0.39, 0.29) is 18.6 Å². The van der Waals surface area contributed by atoms with Crippen molar-refractivity contribution in [2.75, 3.05) is 24.7 Å². The number of morpholine rings is 1. The number of hydrogen-bond donors (Lipinski definition) is 2. The van der Waals surface area contributed by atoms with Crippen LogP contribution in [0.1, 0.15) is 19.4 Å². The molecule has 2 rings (SSSR count). The van der Waals surface area contributed by atoms with Crippen molar-refractivity contribution in [3.8, 4) is 0 Å². The molecule has 1 fully saturated rings. The number of carbonyl (C=O) groups is 1. The zero-order valence-electron chi connectivity index (χ0n) is 12.3. The number of halogens is 1. The molecular formula is C15H21ClN2O3. The number of ether oxygens (including phenoxy) is 1. The number of aliphatic hydroxyl groups excluding tert-OH is 1. The minimum absolute atomic E-state index is 0.0675. The summed E-state index contributed by atoms with van der Waals surface area (Å²) in [5, 5.41) is 13.0. The molecule has 5 nitrogen and oxygen atoms in total. The van der Waals surface area contributed by atoms with E-state index in [1.807, 2.05) is 30.9 Å². The Morgan fingerprint density at radius 3 is 3.00 bits per heavy atom. The van der Waals surface area contributed by atoms with Crippen LogP contribution in [0.4, 0.5) is 5.69 Å². The minimum Gasteiger partial charge on any atom is -0.392 e. The second-order valence-electron chi connectivity index (χ2n) is 5.34. The maximum absolute atomic E-state index is 12.3. The van der Waals surface area contributed by atoms with Crippen molar-refractivity contribution < 1.29 is 14.6 Å². The van der Waals surface area contributed by atoms with Crippen molar-refractivity contribution >= 4 is 23.2 Å². The molecule has 0 radical (unpaired) electrons. The fraction of sp³-hybridized carbons (Fsp3) is 0.533. The van der Waals surface area contributed by atoms with Crippen LogP contribution in [-0.4, -0.2) is 42.9 Å². The van der Waals surface area contributed by atoms with Gasteiger partial charge in [0.25, 0.3) is 0 Å². The maximum atomic E-state index is 12.3. The third-order valence-corrected chi connectivity index (χ3v) is 3.78. The molecule has 6 heteroatoms. The first-order chi connectivity index (χ1) is 10.0. The fourth-order valence-corrected chi connectivity index (χ4v) is 2.69. The predicted molar refractivity (Wildman–Crippen MR) is 82.6 cm³/mol. The molecule has 1 unspecified atom stereocenters. The van der Waals surface area contributed by atoms with Crippen molar-refractivity contribution in [1.82, 2.24) is 5.32 Å². The lowest BCUT2D eigenvalue weighted by Crippen LogP contribution is -2.55. The normalized spacial score (nSPS) is 18.9. The quantitative estimate of drug-likeness (QED) is 0.886. The van der Waals surface area contributed by atoms with E-state index >= 15 is 0 Å². The summed E-state index contributed by atoms with van der Waals surface area (Å²) >= 11 is 6.14. The molecule has 1 amide bonds. The number of nitrogens with zero attached hydrogens (tertiary/aromatic N) is 1. The van der Waals surface area contributed by atoms with Crippen molar-refractivity contribution in [2.45, 2.75) is 32.5 Å². The van der Waals surface area contributed by atoms with Crippen molar-refractivity contribution in [1.29, 1.82) is 0 Å². The van der Waals surface area contributed by atoms with Crippen LogP contribution in [0, 0.1) is 0 Å². The Morgan fingerprint density at radius 2 is 2.33 bits per heavy atom. The molecule has 21 heavy (non-hydrogen) atoms. The van der Waals surface area contributed by atoms with E-state index in [1.165, 1.54) is 0 Å². The minimum atomic E-state index is -0.412. The molecule has 2 N–H and O–H groups in total. The summed E-state index contributed by atoms with van der Waals surface area (Å²) in [5.74, 6) is -0.0754. The number of nitrogens with one attached hydrogen (secondary N) is 1. The average Bonchev–Trinajstić information content (AvgIpc) is 2.46. The number of aliphatic hydroxyl groups is 1. The highest BCUT2D eigenvalue weighted by Gasteiger charge is 2.31. The maximum Gasteiger partial charge on any atom is 0.245 e. The number of benzene rings is 1. The number of anilines is 1. The van der Waals surface area contributed by atoms with Gasteiger partial charge in [0.2, 0.25) is 5.91 Å². The molecule has 0 saturated carbocycles. The van der Waals surface area contributed by atoms with Gasteiger partial charge in [-0.3, -0.25) is 4.79 Å². The Labute approximate surface area is 129 Å². The summed E-state index contributed by atoms with van der Waals surface area (Å²) < 4.78 is 5.44. The van der Waals surface area contributed by atoms with Crippen LogP contribution in [0.2, 0.25) is 5.02 Å². The second kappa shape index (κ2) is 7.11. The van der Waals surface area contributed by atoms with Crippen LogP contribution < -0.4 is 10.2 Å². The lowest BCUT2D eigenvalue weighted by atomic mass is 10.1. The van der Waals surface area contributed by atoms with E-state index in [4.69, 9.17) is 16.3 Å². The van der Waals surface area contributed by atoms with E-state index in [0.717, 1.165) is 5.69 Å². The van der Waals surface area contributed by atoms with E-state index in [9.17, 15) is 9.90 Å². The smallest absolute Gasteiger partial charge is 0.245 e. The molecular weight excluding hydrogens is 292 g/mol. The third kappa shape index (κ3) is 3.67. The lowest BCUT2D eigenvalue weighted by molar-refractivity contribution is -0.125. The molecule has 1 aromatic rings. The van der Waals surface area contributed by atoms with Gasteiger partial charge in [-0.15, -0.1) is 0 Å². The highest BCUT2D eigenvalue weighted by atomic mass is 35.5. The molecule has 1 saturated heterocycles. The Balaban J connectivity index is 2.31. The summed E-state index contributed by atoms with van der Waals surface area (Å²) in [7, 11) is 0. The largest absolute Gasteiger partial charge is 0.392 e. The Kier molecular flexibility index (Phi) is 5.45. The van der Waals surface area contributed by atoms with Gasteiger partial charge in [0.15, 0.2) is 0 Å². The monoisotopic (exact) mass is 312 g/mol. The van der Waals surface area contributed by atoms with Crippen LogP contribution in [0.15, 0.2) is 18.2 Å². The molecule has 0 spiro atoms. The highest BCUT2D eigenvalue weighted by Crippen LogP contribution is 2.30. The topological polar surface area (TPSA) is 61.8 Å². The van der Waals surface area contributed by atoms with Gasteiger partial charge in [-0.2, -0.15) is 0 Å². The number of carbonyl (C=O) groups excluding carboxylic acids is 1. The molecule has 0 aromatic heterocycles.